The molecule has 0 aromatic heterocycles. The molecule has 1 amide bonds. The van der Waals surface area contributed by atoms with Gasteiger partial charge in [-0.25, -0.2) is 4.79 Å². The number of carboxylic acid groups (broad SMARTS) is 1. The molecule has 1 rings (SSSR count). The Hall–Kier alpha value is -1.53. The third-order valence-corrected chi connectivity index (χ3v) is 3.28. The van der Waals surface area contributed by atoms with E-state index in [2.05, 4.69) is 5.32 Å². The topological polar surface area (TPSA) is 92.4 Å². The molecule has 5 nitrogen and oxygen atoms in total. The highest BCUT2D eigenvalue weighted by Gasteiger charge is 2.24. The van der Waals surface area contributed by atoms with E-state index in [-0.39, 0.29) is 0 Å². The molecule has 0 heterocycles. The van der Waals surface area contributed by atoms with Gasteiger partial charge in [-0.1, -0.05) is 30.3 Å². The van der Waals surface area contributed by atoms with Gasteiger partial charge < -0.3 is 16.2 Å². The summed E-state index contributed by atoms with van der Waals surface area (Å²) in [6, 6.07) is 6.82. The van der Waals surface area contributed by atoms with Gasteiger partial charge in [-0.15, -0.1) is 0 Å². The Bertz CT molecular complexity index is 425. The van der Waals surface area contributed by atoms with Crippen molar-refractivity contribution < 1.29 is 14.7 Å². The number of carbonyl (C=O) groups excluding carboxylic acids is 1. The maximum absolute atomic E-state index is 11.8. The van der Waals surface area contributed by atoms with Crippen molar-refractivity contribution in [1.82, 2.24) is 5.32 Å². The van der Waals surface area contributed by atoms with Crippen molar-refractivity contribution in [2.45, 2.75) is 18.5 Å². The molecule has 0 spiro atoms. The highest BCUT2D eigenvalue weighted by atomic mass is 32.2. The second kappa shape index (κ2) is 7.81. The average molecular weight is 282 g/mol. The Morgan fingerprint density at radius 1 is 1.37 bits per heavy atom. The monoisotopic (exact) mass is 282 g/mol. The third kappa shape index (κ3) is 4.92. The first-order chi connectivity index (χ1) is 9.06. The Balaban J connectivity index is 2.70. The molecule has 0 aliphatic carbocycles. The van der Waals surface area contributed by atoms with Crippen molar-refractivity contribution in [2.75, 3.05) is 12.0 Å². The van der Waals surface area contributed by atoms with Gasteiger partial charge in [-0.3, -0.25) is 4.79 Å². The fourth-order valence-electron chi connectivity index (χ4n) is 1.56. The summed E-state index contributed by atoms with van der Waals surface area (Å²) in [5.74, 6) is -0.778. The molecular formula is C13H18N2O3S. The standard InChI is InChI=1S/C13H18N2O3S/c1-19-8-7-10(14)12(16)15-11(13(17)18)9-5-3-2-4-6-9/h2-6,10-11H,7-8,14H2,1H3,(H,15,16)(H,17,18)/t10-,11+/m0/s1. The lowest BCUT2D eigenvalue weighted by atomic mass is 10.1. The largest absolute Gasteiger partial charge is 0.479 e. The van der Waals surface area contributed by atoms with Crippen LogP contribution in [0.15, 0.2) is 30.3 Å². The molecule has 0 aliphatic rings. The van der Waals surface area contributed by atoms with Crippen LogP contribution >= 0.6 is 11.8 Å². The van der Waals surface area contributed by atoms with Crippen LogP contribution in [0.25, 0.3) is 0 Å². The number of thioether (sulfide) groups is 1. The summed E-state index contributed by atoms with van der Waals surface area (Å²) >= 11 is 1.59. The number of benzene rings is 1. The van der Waals surface area contributed by atoms with Crippen molar-refractivity contribution in [3.8, 4) is 0 Å². The second-order valence-corrected chi connectivity index (χ2v) is 5.06. The van der Waals surface area contributed by atoms with E-state index in [4.69, 9.17) is 5.73 Å². The van der Waals surface area contributed by atoms with Crippen molar-refractivity contribution in [1.29, 1.82) is 0 Å². The van der Waals surface area contributed by atoms with Gasteiger partial charge >= 0.3 is 5.97 Å². The van der Waals surface area contributed by atoms with E-state index in [0.29, 0.717) is 12.0 Å². The number of rotatable bonds is 7. The summed E-state index contributed by atoms with van der Waals surface area (Å²) < 4.78 is 0. The van der Waals surface area contributed by atoms with E-state index >= 15 is 0 Å². The fourth-order valence-corrected chi connectivity index (χ4v) is 2.05. The molecule has 0 saturated carbocycles. The van der Waals surface area contributed by atoms with Crippen LogP contribution in [0.4, 0.5) is 0 Å². The van der Waals surface area contributed by atoms with Crippen molar-refractivity contribution in [3.63, 3.8) is 0 Å². The minimum atomic E-state index is -1.10. The van der Waals surface area contributed by atoms with Gasteiger partial charge in [0.25, 0.3) is 0 Å². The maximum atomic E-state index is 11.8. The minimum absolute atomic E-state index is 0.440. The minimum Gasteiger partial charge on any atom is -0.479 e. The van der Waals surface area contributed by atoms with Crippen molar-refractivity contribution >= 4 is 23.6 Å². The first-order valence-corrected chi connectivity index (χ1v) is 7.28. The molecule has 1 aromatic rings. The SMILES string of the molecule is CSCC[C@H](N)C(=O)N[C@@H](C(=O)O)c1ccccc1. The van der Waals surface area contributed by atoms with E-state index in [1.165, 1.54) is 0 Å². The van der Waals surface area contributed by atoms with E-state index in [1.807, 2.05) is 6.26 Å². The molecule has 104 valence electrons. The molecule has 6 heteroatoms. The molecular weight excluding hydrogens is 264 g/mol. The average Bonchev–Trinajstić information content (AvgIpc) is 2.42. The summed E-state index contributed by atoms with van der Waals surface area (Å²) in [4.78, 5) is 23.0. The smallest absolute Gasteiger partial charge is 0.330 e. The summed E-state index contributed by atoms with van der Waals surface area (Å²) in [6.45, 7) is 0. The Labute approximate surface area is 116 Å². The first-order valence-electron chi connectivity index (χ1n) is 5.89. The molecule has 0 bridgehead atoms. The molecule has 2 atom stereocenters. The van der Waals surface area contributed by atoms with E-state index < -0.39 is 24.0 Å². The molecule has 0 radical (unpaired) electrons. The zero-order valence-electron chi connectivity index (χ0n) is 10.7. The molecule has 0 saturated heterocycles. The summed E-state index contributed by atoms with van der Waals surface area (Å²) in [6.07, 6.45) is 2.45. The Kier molecular flexibility index (Phi) is 6.38. The van der Waals surface area contributed by atoms with Gasteiger partial charge in [0.1, 0.15) is 0 Å². The normalized spacial score (nSPS) is 13.6. The fraction of sp³-hybridized carbons (Fsp3) is 0.385. The van der Waals surface area contributed by atoms with Gasteiger partial charge in [0.15, 0.2) is 6.04 Å². The molecule has 19 heavy (non-hydrogen) atoms. The lowest BCUT2D eigenvalue weighted by Crippen LogP contribution is -2.44. The second-order valence-electron chi connectivity index (χ2n) is 4.08. The van der Waals surface area contributed by atoms with Gasteiger partial charge in [0.2, 0.25) is 5.91 Å². The van der Waals surface area contributed by atoms with Gasteiger partial charge in [0.05, 0.1) is 6.04 Å². The molecule has 0 unspecified atom stereocenters. The highest BCUT2D eigenvalue weighted by Crippen LogP contribution is 2.13. The van der Waals surface area contributed by atoms with Crippen LogP contribution in [0.5, 0.6) is 0 Å². The molecule has 0 fully saturated rings. The summed E-state index contributed by atoms with van der Waals surface area (Å²) in [5.41, 5.74) is 6.24. The number of nitrogens with one attached hydrogen (secondary N) is 1. The highest BCUT2D eigenvalue weighted by molar-refractivity contribution is 7.98. The maximum Gasteiger partial charge on any atom is 0.330 e. The number of carbonyl (C=O) groups is 2. The summed E-state index contributed by atoms with van der Waals surface area (Å²) in [5, 5.41) is 11.6. The number of hydrogen-bond donors (Lipinski definition) is 3. The van der Waals surface area contributed by atoms with Crippen LogP contribution < -0.4 is 11.1 Å². The number of carboxylic acids is 1. The van der Waals surface area contributed by atoms with Crippen LogP contribution in [0.1, 0.15) is 18.0 Å². The van der Waals surface area contributed by atoms with E-state index in [0.717, 1.165) is 5.75 Å². The van der Waals surface area contributed by atoms with Crippen LogP contribution in [0.3, 0.4) is 0 Å². The van der Waals surface area contributed by atoms with E-state index in [9.17, 15) is 14.7 Å². The predicted octanol–water partition coefficient (Wildman–Crippen LogP) is 1.01. The van der Waals surface area contributed by atoms with E-state index in [1.54, 1.807) is 42.1 Å². The van der Waals surface area contributed by atoms with Crippen LogP contribution in [0.2, 0.25) is 0 Å². The zero-order chi connectivity index (χ0) is 14.3. The predicted molar refractivity (Wildman–Crippen MR) is 75.9 cm³/mol. The lowest BCUT2D eigenvalue weighted by Gasteiger charge is -2.17. The number of nitrogens with two attached hydrogens (primary N) is 1. The molecule has 0 aliphatic heterocycles. The Morgan fingerprint density at radius 2 is 2.00 bits per heavy atom. The number of hydrogen-bond acceptors (Lipinski definition) is 4. The van der Waals surface area contributed by atoms with Crippen molar-refractivity contribution in [2.24, 2.45) is 5.73 Å². The van der Waals surface area contributed by atoms with Gasteiger partial charge in [0, 0.05) is 0 Å². The Morgan fingerprint density at radius 3 is 2.53 bits per heavy atom. The lowest BCUT2D eigenvalue weighted by molar-refractivity contribution is -0.142. The van der Waals surface area contributed by atoms with Gasteiger partial charge in [-0.05, 0) is 24.0 Å². The number of aliphatic carboxylic acids is 1. The quantitative estimate of drug-likeness (QED) is 0.694. The summed E-state index contributed by atoms with van der Waals surface area (Å²) in [7, 11) is 0. The third-order valence-electron chi connectivity index (χ3n) is 2.64. The van der Waals surface area contributed by atoms with Crippen LogP contribution in [-0.4, -0.2) is 35.0 Å². The van der Waals surface area contributed by atoms with Crippen LogP contribution in [-0.2, 0) is 9.59 Å². The van der Waals surface area contributed by atoms with Crippen LogP contribution in [0, 0.1) is 0 Å². The molecule has 4 N–H and O–H groups in total. The first kappa shape index (κ1) is 15.5. The van der Waals surface area contributed by atoms with Gasteiger partial charge in [-0.2, -0.15) is 11.8 Å². The van der Waals surface area contributed by atoms with Crippen molar-refractivity contribution in [3.05, 3.63) is 35.9 Å². The molecule has 1 aromatic carbocycles. The number of amides is 1. The zero-order valence-corrected chi connectivity index (χ0v) is 11.5.